The molecule has 4 rings (SSSR count). The molecular formula is C32H37NO9S. The number of amides is 1. The summed E-state index contributed by atoms with van der Waals surface area (Å²) in [7, 11) is 3.17. The molecule has 0 radical (unpaired) electrons. The number of methoxy groups -OCH3 is 2. The van der Waals surface area contributed by atoms with E-state index in [1.165, 1.54) is 25.2 Å². The number of unbranched alkanes of at least 4 members (excludes halogenated alkanes) is 1. The van der Waals surface area contributed by atoms with E-state index < -0.39 is 23.8 Å². The van der Waals surface area contributed by atoms with Crippen LogP contribution in [0.5, 0.6) is 17.2 Å². The molecule has 11 heteroatoms. The van der Waals surface area contributed by atoms with Gasteiger partial charge in [0, 0.05) is 30.6 Å². The fraction of sp³-hybridized carbons (Fsp3) is 0.438. The number of fused-ring (bicyclic) bond motifs is 2. The summed E-state index contributed by atoms with van der Waals surface area (Å²) < 4.78 is 18.0. The lowest BCUT2D eigenvalue weighted by molar-refractivity contribution is -0.145. The summed E-state index contributed by atoms with van der Waals surface area (Å²) in [5, 5.41) is 19.3. The Morgan fingerprint density at radius 3 is 2.14 bits per heavy atom. The first kappa shape index (κ1) is 31.8. The average Bonchev–Trinajstić information content (AvgIpc) is 3.60. The number of aliphatic carboxylic acids is 2. The molecule has 0 saturated heterocycles. The van der Waals surface area contributed by atoms with Gasteiger partial charge in [-0.3, -0.25) is 19.2 Å². The number of hydrogen-bond donors (Lipinski definition) is 2. The minimum absolute atomic E-state index is 0.0453. The number of carbonyl (C=O) groups excluding carboxylic acids is 2. The summed E-state index contributed by atoms with van der Waals surface area (Å²) >= 11 is 1.35. The van der Waals surface area contributed by atoms with Crippen molar-refractivity contribution in [1.82, 2.24) is 4.90 Å². The first-order chi connectivity index (χ1) is 20.5. The molecule has 0 spiro atoms. The second-order valence-corrected chi connectivity index (χ2v) is 12.0. The van der Waals surface area contributed by atoms with Gasteiger partial charge in [-0.1, -0.05) is 13.8 Å². The van der Waals surface area contributed by atoms with E-state index >= 15 is 0 Å². The first-order valence-corrected chi connectivity index (χ1v) is 15.0. The van der Waals surface area contributed by atoms with Gasteiger partial charge < -0.3 is 29.3 Å². The molecule has 2 N–H and O–H groups in total. The lowest BCUT2D eigenvalue weighted by Gasteiger charge is -2.16. The number of rotatable bonds is 15. The van der Waals surface area contributed by atoms with Crippen molar-refractivity contribution in [3.05, 3.63) is 51.9 Å². The number of ketones is 1. The number of thiophene rings is 1. The van der Waals surface area contributed by atoms with E-state index in [1.807, 2.05) is 30.3 Å². The molecule has 43 heavy (non-hydrogen) atoms. The quantitative estimate of drug-likeness (QED) is 0.167. The van der Waals surface area contributed by atoms with Gasteiger partial charge in [-0.25, -0.2) is 0 Å². The van der Waals surface area contributed by atoms with Crippen LogP contribution in [-0.4, -0.2) is 59.6 Å². The van der Waals surface area contributed by atoms with E-state index in [2.05, 4.69) is 0 Å². The second-order valence-electron chi connectivity index (χ2n) is 10.9. The molecule has 3 aromatic rings. The number of Topliss-reactive ketones (excluding diaryl/α,β-unsaturated/α-hetero) is 1. The highest BCUT2D eigenvalue weighted by molar-refractivity contribution is 7.20. The van der Waals surface area contributed by atoms with Gasteiger partial charge in [-0.2, -0.15) is 0 Å². The van der Waals surface area contributed by atoms with Crippen LogP contribution >= 0.6 is 11.3 Å². The molecule has 2 atom stereocenters. The number of nitrogens with zero attached hydrogens (tertiary/aromatic N) is 1. The van der Waals surface area contributed by atoms with Crippen molar-refractivity contribution < 1.29 is 43.6 Å². The maximum Gasteiger partial charge on any atom is 0.306 e. The van der Waals surface area contributed by atoms with E-state index in [-0.39, 0.29) is 24.5 Å². The molecule has 0 saturated carbocycles. The van der Waals surface area contributed by atoms with Gasteiger partial charge in [0.2, 0.25) is 5.91 Å². The highest BCUT2D eigenvalue weighted by atomic mass is 32.1. The van der Waals surface area contributed by atoms with Crippen molar-refractivity contribution in [2.24, 2.45) is 11.8 Å². The zero-order valence-electron chi connectivity index (χ0n) is 24.8. The van der Waals surface area contributed by atoms with Crippen molar-refractivity contribution in [1.29, 1.82) is 0 Å². The Morgan fingerprint density at radius 2 is 1.51 bits per heavy atom. The summed E-state index contributed by atoms with van der Waals surface area (Å²) in [6, 6.07) is 9.48. The molecule has 0 fully saturated rings. The van der Waals surface area contributed by atoms with Crippen LogP contribution in [0.25, 0.3) is 10.1 Å². The van der Waals surface area contributed by atoms with E-state index in [4.69, 9.17) is 19.3 Å². The van der Waals surface area contributed by atoms with Crippen molar-refractivity contribution in [3.8, 4) is 17.2 Å². The van der Waals surface area contributed by atoms with Crippen molar-refractivity contribution in [2.75, 3.05) is 20.8 Å². The maximum atomic E-state index is 12.7. The van der Waals surface area contributed by atoms with E-state index in [1.54, 1.807) is 19.1 Å². The molecule has 0 unspecified atom stereocenters. The Kier molecular flexibility index (Phi) is 10.3. The molecule has 2 heterocycles. The number of carboxylic acid groups (broad SMARTS) is 2. The molecule has 0 bridgehead atoms. The van der Waals surface area contributed by atoms with Crippen LogP contribution in [-0.2, 0) is 33.9 Å². The van der Waals surface area contributed by atoms with Gasteiger partial charge >= 0.3 is 11.9 Å². The Bertz CT molecular complexity index is 1530. The van der Waals surface area contributed by atoms with Crippen LogP contribution in [0.3, 0.4) is 0 Å². The van der Waals surface area contributed by atoms with Crippen LogP contribution in [0.1, 0.15) is 65.9 Å². The van der Waals surface area contributed by atoms with Crippen LogP contribution in [0.4, 0.5) is 0 Å². The van der Waals surface area contributed by atoms with Crippen molar-refractivity contribution >= 4 is 45.1 Å². The van der Waals surface area contributed by atoms with Gasteiger partial charge in [0.1, 0.15) is 5.75 Å². The number of benzene rings is 2. The van der Waals surface area contributed by atoms with Crippen LogP contribution in [0, 0.1) is 11.8 Å². The fourth-order valence-corrected chi connectivity index (χ4v) is 6.13. The predicted molar refractivity (Wildman–Crippen MR) is 161 cm³/mol. The SMILES string of the molecule is COc1cc(CCCCOc2cc3c(cc2OC)CN(C(=O)C[C@H](C)C(=O)O)C3)c2cc(C(=O)C[C@H](C)C(=O)O)sc2c1. The Hall–Kier alpha value is -4.12. The zero-order chi connectivity index (χ0) is 31.3. The maximum absolute atomic E-state index is 12.7. The zero-order valence-corrected chi connectivity index (χ0v) is 25.6. The minimum atomic E-state index is -0.990. The summed E-state index contributed by atoms with van der Waals surface area (Å²) in [6.07, 6.45) is 2.21. The summed E-state index contributed by atoms with van der Waals surface area (Å²) in [5.74, 6) is -1.97. The molecule has 230 valence electrons. The van der Waals surface area contributed by atoms with Crippen LogP contribution < -0.4 is 14.2 Å². The summed E-state index contributed by atoms with van der Waals surface area (Å²) in [4.78, 5) is 49.9. The summed E-state index contributed by atoms with van der Waals surface area (Å²) in [6.45, 7) is 4.30. The Balaban J connectivity index is 1.36. The fourth-order valence-electron chi connectivity index (χ4n) is 5.04. The monoisotopic (exact) mass is 611 g/mol. The molecule has 1 amide bonds. The highest BCUT2D eigenvalue weighted by Gasteiger charge is 2.28. The van der Waals surface area contributed by atoms with Gasteiger partial charge in [0.05, 0.1) is 37.5 Å². The number of aryl methyl sites for hydroxylation is 1. The molecule has 1 aliphatic heterocycles. The topological polar surface area (TPSA) is 140 Å². The van der Waals surface area contributed by atoms with Gasteiger partial charge in [-0.05, 0) is 71.7 Å². The van der Waals surface area contributed by atoms with E-state index in [0.717, 1.165) is 46.0 Å². The van der Waals surface area contributed by atoms with Gasteiger partial charge in [0.15, 0.2) is 17.3 Å². The molecule has 1 aromatic heterocycles. The number of ether oxygens (including phenoxy) is 3. The van der Waals surface area contributed by atoms with Crippen LogP contribution in [0.15, 0.2) is 30.3 Å². The Morgan fingerprint density at radius 1 is 0.860 bits per heavy atom. The molecular weight excluding hydrogens is 574 g/mol. The van der Waals surface area contributed by atoms with Crippen molar-refractivity contribution in [2.45, 2.75) is 59.0 Å². The third-order valence-corrected chi connectivity index (χ3v) is 8.80. The predicted octanol–water partition coefficient (Wildman–Crippen LogP) is 5.57. The third kappa shape index (κ3) is 7.64. The second kappa shape index (κ2) is 13.9. The lowest BCUT2D eigenvalue weighted by Crippen LogP contribution is -2.28. The molecule has 1 aliphatic rings. The van der Waals surface area contributed by atoms with E-state index in [0.29, 0.717) is 41.8 Å². The van der Waals surface area contributed by atoms with Crippen molar-refractivity contribution in [3.63, 3.8) is 0 Å². The number of hydrogen-bond acceptors (Lipinski definition) is 8. The lowest BCUT2D eigenvalue weighted by atomic mass is 10.0. The molecule has 0 aliphatic carbocycles. The smallest absolute Gasteiger partial charge is 0.306 e. The molecule has 2 aromatic carbocycles. The molecule has 10 nitrogen and oxygen atoms in total. The van der Waals surface area contributed by atoms with Gasteiger partial charge in [-0.15, -0.1) is 11.3 Å². The van der Waals surface area contributed by atoms with Gasteiger partial charge in [0.25, 0.3) is 0 Å². The van der Waals surface area contributed by atoms with E-state index in [9.17, 15) is 24.3 Å². The highest BCUT2D eigenvalue weighted by Crippen LogP contribution is 2.37. The normalized spacial score (nSPS) is 13.8. The standard InChI is InChI=1S/C32H37NO9S/c1-18(31(36)37)9-25(34)29-15-24-20(11-23(40-3)14-28(24)43-29)7-5-6-8-42-27-13-22-17-33(16-21(22)12-26(27)41-4)30(35)10-19(2)32(38)39/h11-15,18-19H,5-10,16-17H2,1-4H3,(H,36,37)(H,38,39)/t18-,19-/m0/s1. The summed E-state index contributed by atoms with van der Waals surface area (Å²) in [5.41, 5.74) is 2.95. The number of carboxylic acids is 2. The average molecular weight is 612 g/mol. The minimum Gasteiger partial charge on any atom is -0.497 e. The third-order valence-electron chi connectivity index (χ3n) is 7.68. The Labute approximate surface area is 254 Å². The number of carbonyl (C=O) groups is 4. The van der Waals surface area contributed by atoms with Crippen LogP contribution in [0.2, 0.25) is 0 Å². The largest absolute Gasteiger partial charge is 0.497 e. The first-order valence-electron chi connectivity index (χ1n) is 14.2.